The fourth-order valence-corrected chi connectivity index (χ4v) is 3.35. The molecule has 0 amide bonds. The van der Waals surface area contributed by atoms with E-state index in [4.69, 9.17) is 0 Å². The Morgan fingerprint density at radius 2 is 2.21 bits per heavy atom. The van der Waals surface area contributed by atoms with Crippen molar-refractivity contribution in [2.45, 2.75) is 38.5 Å². The number of nitrogens with one attached hydrogen (secondary N) is 1. The Balaban J connectivity index is 2.02. The third-order valence-electron chi connectivity index (χ3n) is 3.36. The van der Waals surface area contributed by atoms with Crippen LogP contribution in [0.5, 0.6) is 0 Å². The first-order valence-corrected chi connectivity index (χ1v) is 7.43. The lowest BCUT2D eigenvalue weighted by molar-refractivity contribution is -0.134. The van der Waals surface area contributed by atoms with Crippen LogP contribution in [0.1, 0.15) is 29.5 Å². The van der Waals surface area contributed by atoms with Gasteiger partial charge in [-0.3, -0.25) is 4.90 Å². The number of hydrogen-bond acceptors (Lipinski definition) is 3. The average Bonchev–Trinajstić information content (AvgIpc) is 2.98. The second-order valence-electron chi connectivity index (χ2n) is 4.88. The van der Waals surface area contributed by atoms with Gasteiger partial charge in [0.05, 0.1) is 0 Å². The van der Waals surface area contributed by atoms with Crippen molar-refractivity contribution in [3.05, 3.63) is 21.9 Å². The molecule has 0 radical (unpaired) electrons. The summed E-state index contributed by atoms with van der Waals surface area (Å²) in [7, 11) is 0. The summed E-state index contributed by atoms with van der Waals surface area (Å²) in [6.45, 7) is 5.61. The van der Waals surface area contributed by atoms with Crippen molar-refractivity contribution < 1.29 is 13.2 Å². The number of rotatable bonds is 5. The molecule has 19 heavy (non-hydrogen) atoms. The highest BCUT2D eigenvalue weighted by Crippen LogP contribution is 2.35. The van der Waals surface area contributed by atoms with E-state index in [0.29, 0.717) is 12.6 Å². The van der Waals surface area contributed by atoms with Crippen molar-refractivity contribution in [2.75, 3.05) is 19.6 Å². The lowest BCUT2D eigenvalue weighted by atomic mass is 10.2. The maximum Gasteiger partial charge on any atom is 0.425 e. The van der Waals surface area contributed by atoms with Gasteiger partial charge < -0.3 is 5.32 Å². The Hall–Kier alpha value is -0.590. The van der Waals surface area contributed by atoms with E-state index in [9.17, 15) is 13.2 Å². The zero-order valence-electron chi connectivity index (χ0n) is 11.0. The van der Waals surface area contributed by atoms with Gasteiger partial charge in [0.25, 0.3) is 0 Å². The van der Waals surface area contributed by atoms with Gasteiger partial charge in [-0.05, 0) is 38.1 Å². The Morgan fingerprint density at radius 1 is 1.42 bits per heavy atom. The predicted molar refractivity (Wildman–Crippen MR) is 71.3 cm³/mol. The molecule has 1 aromatic heterocycles. The minimum atomic E-state index is -4.21. The normalized spacial score (nSPS) is 20.4. The van der Waals surface area contributed by atoms with Gasteiger partial charge >= 0.3 is 6.18 Å². The molecule has 2 nitrogen and oxygen atoms in total. The van der Waals surface area contributed by atoms with Gasteiger partial charge in [0.15, 0.2) is 0 Å². The summed E-state index contributed by atoms with van der Waals surface area (Å²) in [5.74, 6) is 0. The van der Waals surface area contributed by atoms with Gasteiger partial charge in [0, 0.05) is 24.0 Å². The zero-order valence-corrected chi connectivity index (χ0v) is 11.8. The first kappa shape index (κ1) is 14.8. The molecule has 108 valence electrons. The first-order valence-electron chi connectivity index (χ1n) is 6.61. The summed E-state index contributed by atoms with van der Waals surface area (Å²) >= 11 is 0.866. The molecule has 1 atom stereocenters. The van der Waals surface area contributed by atoms with Crippen LogP contribution >= 0.6 is 11.3 Å². The molecule has 1 aliphatic heterocycles. The van der Waals surface area contributed by atoms with Crippen LogP contribution < -0.4 is 5.32 Å². The zero-order chi connectivity index (χ0) is 13.9. The van der Waals surface area contributed by atoms with Crippen molar-refractivity contribution in [3.8, 4) is 0 Å². The van der Waals surface area contributed by atoms with Crippen LogP contribution in [0.2, 0.25) is 0 Å². The summed E-state index contributed by atoms with van der Waals surface area (Å²) in [5.41, 5.74) is 0. The van der Waals surface area contributed by atoms with Crippen molar-refractivity contribution >= 4 is 11.3 Å². The lowest BCUT2D eigenvalue weighted by Gasteiger charge is -2.27. The molecule has 0 saturated carbocycles. The SMILES string of the molecule is CCCN(Cc1ccc(C(F)(F)F)s1)C1CCNC1. The van der Waals surface area contributed by atoms with Gasteiger partial charge in [-0.2, -0.15) is 13.2 Å². The standard InChI is InChI=1S/C13H19F3N2S/c1-2-7-18(10-5-6-17-8-10)9-11-3-4-12(19-11)13(14,15)16/h3-4,10,17H,2,5-9H2,1H3. The molecular weight excluding hydrogens is 273 g/mol. The van der Waals surface area contributed by atoms with Gasteiger partial charge in [-0.15, -0.1) is 11.3 Å². The van der Waals surface area contributed by atoms with Crippen molar-refractivity contribution in [1.82, 2.24) is 10.2 Å². The molecule has 2 heterocycles. The number of nitrogens with zero attached hydrogens (tertiary/aromatic N) is 1. The van der Waals surface area contributed by atoms with E-state index in [0.717, 1.165) is 48.7 Å². The topological polar surface area (TPSA) is 15.3 Å². The molecule has 1 fully saturated rings. The highest BCUT2D eigenvalue weighted by molar-refractivity contribution is 7.12. The van der Waals surface area contributed by atoms with E-state index in [1.54, 1.807) is 6.07 Å². The van der Waals surface area contributed by atoms with Gasteiger partial charge in [0.2, 0.25) is 0 Å². The van der Waals surface area contributed by atoms with Crippen molar-refractivity contribution in [1.29, 1.82) is 0 Å². The number of thiophene rings is 1. The second kappa shape index (κ2) is 6.24. The van der Waals surface area contributed by atoms with Crippen molar-refractivity contribution in [2.24, 2.45) is 0 Å². The maximum atomic E-state index is 12.6. The summed E-state index contributed by atoms with van der Waals surface area (Å²) in [6, 6.07) is 3.26. The Kier molecular flexibility index (Phi) is 4.86. The summed E-state index contributed by atoms with van der Waals surface area (Å²) in [4.78, 5) is 2.60. The van der Waals surface area contributed by atoms with Crippen LogP contribution in [-0.4, -0.2) is 30.6 Å². The maximum absolute atomic E-state index is 12.6. The van der Waals surface area contributed by atoms with Crippen molar-refractivity contribution in [3.63, 3.8) is 0 Å². The molecule has 1 unspecified atom stereocenters. The highest BCUT2D eigenvalue weighted by atomic mass is 32.1. The van der Waals surface area contributed by atoms with E-state index in [1.807, 2.05) is 0 Å². The molecule has 0 aromatic carbocycles. The van der Waals surface area contributed by atoms with Crippen LogP contribution in [0.25, 0.3) is 0 Å². The van der Waals surface area contributed by atoms with Crippen LogP contribution in [0.15, 0.2) is 12.1 Å². The lowest BCUT2D eigenvalue weighted by Crippen LogP contribution is -2.36. The van der Waals surface area contributed by atoms with E-state index >= 15 is 0 Å². The summed E-state index contributed by atoms with van der Waals surface area (Å²) in [5, 5.41) is 3.31. The first-order chi connectivity index (χ1) is 9.00. The van der Waals surface area contributed by atoms with E-state index < -0.39 is 11.1 Å². The minimum absolute atomic E-state index is 0.455. The van der Waals surface area contributed by atoms with Crippen LogP contribution in [0.4, 0.5) is 13.2 Å². The highest BCUT2D eigenvalue weighted by Gasteiger charge is 2.32. The number of hydrogen-bond donors (Lipinski definition) is 1. The molecule has 1 N–H and O–H groups in total. The second-order valence-corrected chi connectivity index (χ2v) is 6.05. The molecule has 0 spiro atoms. The fourth-order valence-electron chi connectivity index (χ4n) is 2.44. The van der Waals surface area contributed by atoms with Crippen LogP contribution in [0.3, 0.4) is 0 Å². The van der Waals surface area contributed by atoms with E-state index in [1.165, 1.54) is 6.07 Å². The Labute approximate surface area is 115 Å². The Bertz CT molecular complexity index is 397. The largest absolute Gasteiger partial charge is 0.425 e. The average molecular weight is 292 g/mol. The fraction of sp³-hybridized carbons (Fsp3) is 0.692. The monoisotopic (exact) mass is 292 g/mol. The van der Waals surface area contributed by atoms with Crippen LogP contribution in [0, 0.1) is 0 Å². The molecule has 1 aromatic rings. The number of halogens is 3. The third-order valence-corrected chi connectivity index (χ3v) is 4.48. The van der Waals surface area contributed by atoms with Crippen LogP contribution in [-0.2, 0) is 12.7 Å². The predicted octanol–water partition coefficient (Wildman–Crippen LogP) is 3.34. The summed E-state index contributed by atoms with van der Waals surface area (Å²) in [6.07, 6.45) is -2.11. The van der Waals surface area contributed by atoms with E-state index in [2.05, 4.69) is 17.1 Å². The van der Waals surface area contributed by atoms with Gasteiger partial charge in [-0.25, -0.2) is 0 Å². The minimum Gasteiger partial charge on any atom is -0.315 e. The Morgan fingerprint density at radius 3 is 2.74 bits per heavy atom. The molecular formula is C13H19F3N2S. The van der Waals surface area contributed by atoms with E-state index in [-0.39, 0.29) is 0 Å². The quantitative estimate of drug-likeness (QED) is 0.895. The number of alkyl halides is 3. The van der Waals surface area contributed by atoms with Gasteiger partial charge in [-0.1, -0.05) is 6.92 Å². The third kappa shape index (κ3) is 3.94. The molecule has 2 rings (SSSR count). The van der Waals surface area contributed by atoms with Gasteiger partial charge in [0.1, 0.15) is 4.88 Å². The molecule has 1 saturated heterocycles. The molecule has 0 aliphatic carbocycles. The smallest absolute Gasteiger partial charge is 0.315 e. The molecule has 1 aliphatic rings. The summed E-state index contributed by atoms with van der Waals surface area (Å²) < 4.78 is 37.7. The molecule has 0 bridgehead atoms. The molecule has 6 heteroatoms.